The zero-order chi connectivity index (χ0) is 19.4. The molecule has 1 aliphatic heterocycles. The number of aromatic amines is 1. The van der Waals surface area contributed by atoms with Crippen molar-refractivity contribution < 1.29 is 19.1 Å². The highest BCUT2D eigenvalue weighted by molar-refractivity contribution is 7.13. The summed E-state index contributed by atoms with van der Waals surface area (Å²) in [6.45, 7) is 7.64. The van der Waals surface area contributed by atoms with Crippen LogP contribution in [0.3, 0.4) is 0 Å². The maximum absolute atomic E-state index is 12.7. The molecule has 2 N–H and O–H groups in total. The molecule has 27 heavy (non-hydrogen) atoms. The quantitative estimate of drug-likeness (QED) is 0.732. The average molecular weight is 392 g/mol. The zero-order valence-electron chi connectivity index (χ0n) is 15.8. The van der Waals surface area contributed by atoms with Crippen molar-refractivity contribution in [3.63, 3.8) is 0 Å². The Balaban J connectivity index is 1.70. The van der Waals surface area contributed by atoms with Crippen LogP contribution in [0.4, 0.5) is 5.13 Å². The van der Waals surface area contributed by atoms with E-state index in [0.29, 0.717) is 34.1 Å². The fourth-order valence-corrected chi connectivity index (χ4v) is 3.81. The van der Waals surface area contributed by atoms with Crippen LogP contribution in [0.2, 0.25) is 0 Å². The monoisotopic (exact) mass is 392 g/mol. The van der Waals surface area contributed by atoms with Crippen LogP contribution < -0.4 is 5.32 Å². The van der Waals surface area contributed by atoms with Crippen molar-refractivity contribution in [3.8, 4) is 0 Å². The normalized spacial score (nSPS) is 14.9. The number of hydrogen-bond acceptors (Lipinski definition) is 7. The molecule has 2 aromatic heterocycles. The van der Waals surface area contributed by atoms with Crippen LogP contribution in [0.15, 0.2) is 5.38 Å². The number of aryl methyl sites for hydroxylation is 1. The van der Waals surface area contributed by atoms with Gasteiger partial charge in [0.15, 0.2) is 5.13 Å². The lowest BCUT2D eigenvalue weighted by Crippen LogP contribution is -2.35. The number of carbonyl (C=O) groups is 2. The Bertz CT molecular complexity index is 823. The number of morpholine rings is 1. The van der Waals surface area contributed by atoms with Gasteiger partial charge in [0, 0.05) is 30.7 Å². The summed E-state index contributed by atoms with van der Waals surface area (Å²) in [5.41, 5.74) is 2.98. The van der Waals surface area contributed by atoms with Crippen molar-refractivity contribution in [2.75, 3.05) is 38.7 Å². The molecule has 0 saturated carbocycles. The Morgan fingerprint density at radius 3 is 2.81 bits per heavy atom. The molecule has 0 aliphatic carbocycles. The number of esters is 1. The maximum Gasteiger partial charge on any atom is 0.339 e. The van der Waals surface area contributed by atoms with Gasteiger partial charge < -0.3 is 14.5 Å². The molecule has 0 radical (unpaired) electrons. The number of ether oxygens (including phenoxy) is 2. The highest BCUT2D eigenvalue weighted by atomic mass is 32.1. The molecular weight excluding hydrogens is 368 g/mol. The van der Waals surface area contributed by atoms with E-state index in [1.165, 1.54) is 18.4 Å². The first-order valence-corrected chi connectivity index (χ1v) is 9.77. The lowest BCUT2D eigenvalue weighted by molar-refractivity contribution is 0.0337. The summed E-state index contributed by atoms with van der Waals surface area (Å²) in [6, 6.07) is 0. The molecule has 0 spiro atoms. The number of hydrogen-bond donors (Lipinski definition) is 2. The molecule has 1 fully saturated rings. The predicted molar refractivity (Wildman–Crippen MR) is 102 cm³/mol. The number of rotatable bonds is 6. The minimum absolute atomic E-state index is 0.315. The Morgan fingerprint density at radius 2 is 2.15 bits per heavy atom. The van der Waals surface area contributed by atoms with E-state index in [0.717, 1.165) is 38.5 Å². The van der Waals surface area contributed by atoms with Crippen molar-refractivity contribution in [1.29, 1.82) is 0 Å². The van der Waals surface area contributed by atoms with Crippen LogP contribution in [0.1, 0.15) is 44.7 Å². The van der Waals surface area contributed by atoms with E-state index < -0.39 is 5.97 Å². The van der Waals surface area contributed by atoms with Gasteiger partial charge in [-0.25, -0.2) is 9.78 Å². The van der Waals surface area contributed by atoms with E-state index in [1.807, 2.05) is 12.3 Å². The largest absolute Gasteiger partial charge is 0.465 e. The van der Waals surface area contributed by atoms with Gasteiger partial charge in [-0.2, -0.15) is 0 Å². The van der Waals surface area contributed by atoms with Crippen LogP contribution >= 0.6 is 11.3 Å². The molecule has 0 bridgehead atoms. The lowest BCUT2D eigenvalue weighted by Gasteiger charge is -2.25. The second kappa shape index (κ2) is 8.64. The van der Waals surface area contributed by atoms with E-state index in [4.69, 9.17) is 9.47 Å². The highest BCUT2D eigenvalue weighted by Crippen LogP contribution is 2.23. The molecule has 8 nitrogen and oxygen atoms in total. The Kier molecular flexibility index (Phi) is 6.25. The third-order valence-corrected chi connectivity index (χ3v) is 5.37. The molecule has 3 heterocycles. The first-order chi connectivity index (χ1) is 13.0. The van der Waals surface area contributed by atoms with Gasteiger partial charge in [-0.3, -0.25) is 15.0 Å². The topological polar surface area (TPSA) is 96.5 Å². The number of methoxy groups -OCH3 is 1. The van der Waals surface area contributed by atoms with E-state index in [-0.39, 0.29) is 5.91 Å². The number of thiazole rings is 1. The third-order valence-electron chi connectivity index (χ3n) is 4.56. The van der Waals surface area contributed by atoms with Gasteiger partial charge in [0.05, 0.1) is 31.6 Å². The first kappa shape index (κ1) is 19.5. The maximum atomic E-state index is 12.7. The number of amides is 1. The van der Waals surface area contributed by atoms with Crippen molar-refractivity contribution in [3.05, 3.63) is 33.6 Å². The molecular formula is C18H24N4O4S. The molecule has 2 aromatic rings. The summed E-state index contributed by atoms with van der Waals surface area (Å²) in [6.07, 6.45) is 0.597. The van der Waals surface area contributed by atoms with Gasteiger partial charge in [0.2, 0.25) is 0 Å². The molecule has 0 atom stereocenters. The Hall–Kier alpha value is -2.23. The summed E-state index contributed by atoms with van der Waals surface area (Å²) in [5.74, 6) is -0.758. The van der Waals surface area contributed by atoms with E-state index in [9.17, 15) is 9.59 Å². The average Bonchev–Trinajstić information content (AvgIpc) is 3.25. The van der Waals surface area contributed by atoms with Gasteiger partial charge in [-0.1, -0.05) is 6.92 Å². The lowest BCUT2D eigenvalue weighted by atomic mass is 10.1. The number of H-pyrrole nitrogens is 1. The van der Waals surface area contributed by atoms with Gasteiger partial charge in [0.1, 0.15) is 5.69 Å². The molecule has 0 unspecified atom stereocenters. The van der Waals surface area contributed by atoms with Gasteiger partial charge in [-0.05, 0) is 18.9 Å². The first-order valence-electron chi connectivity index (χ1n) is 8.89. The Labute approximate surface area is 161 Å². The highest BCUT2D eigenvalue weighted by Gasteiger charge is 2.24. The van der Waals surface area contributed by atoms with E-state index in [1.54, 1.807) is 6.92 Å². The number of anilines is 1. The second-order valence-corrected chi connectivity index (χ2v) is 7.17. The summed E-state index contributed by atoms with van der Waals surface area (Å²) in [5, 5.41) is 5.31. The standard InChI is InChI=1S/C18H24N4O4S/c1-4-13-14(17(24)25-3)11(2)15(20-13)16(23)21-18-19-12(10-27-18)9-22-5-7-26-8-6-22/h10,20H,4-9H2,1-3H3,(H,19,21,23). The molecule has 3 rings (SSSR count). The number of carbonyl (C=O) groups excluding carboxylic acids is 2. The predicted octanol–water partition coefficient (Wildman–Crippen LogP) is 2.21. The fourth-order valence-electron chi connectivity index (χ4n) is 3.11. The minimum Gasteiger partial charge on any atom is -0.465 e. The Morgan fingerprint density at radius 1 is 1.41 bits per heavy atom. The summed E-state index contributed by atoms with van der Waals surface area (Å²) in [7, 11) is 1.33. The molecule has 1 saturated heterocycles. The minimum atomic E-state index is -0.443. The molecule has 9 heteroatoms. The van der Waals surface area contributed by atoms with Gasteiger partial charge in [-0.15, -0.1) is 11.3 Å². The number of nitrogens with zero attached hydrogens (tertiary/aromatic N) is 2. The van der Waals surface area contributed by atoms with Crippen LogP contribution in [0.25, 0.3) is 0 Å². The van der Waals surface area contributed by atoms with Crippen LogP contribution in [0.5, 0.6) is 0 Å². The SMILES string of the molecule is CCc1[nH]c(C(=O)Nc2nc(CN3CCOCC3)cs2)c(C)c1C(=O)OC. The van der Waals surface area contributed by atoms with Crippen molar-refractivity contribution >= 4 is 28.3 Å². The summed E-state index contributed by atoms with van der Waals surface area (Å²) < 4.78 is 10.2. The second-order valence-electron chi connectivity index (χ2n) is 6.31. The smallest absolute Gasteiger partial charge is 0.339 e. The van der Waals surface area contributed by atoms with Crippen LogP contribution in [-0.2, 0) is 22.4 Å². The van der Waals surface area contributed by atoms with Crippen molar-refractivity contribution in [2.45, 2.75) is 26.8 Å². The van der Waals surface area contributed by atoms with Gasteiger partial charge in [0.25, 0.3) is 5.91 Å². The molecule has 146 valence electrons. The molecule has 1 amide bonds. The summed E-state index contributed by atoms with van der Waals surface area (Å²) >= 11 is 1.39. The van der Waals surface area contributed by atoms with E-state index >= 15 is 0 Å². The number of nitrogens with one attached hydrogen (secondary N) is 2. The number of aromatic nitrogens is 2. The fraction of sp³-hybridized carbons (Fsp3) is 0.500. The van der Waals surface area contributed by atoms with Crippen molar-refractivity contribution in [1.82, 2.24) is 14.9 Å². The zero-order valence-corrected chi connectivity index (χ0v) is 16.6. The van der Waals surface area contributed by atoms with E-state index in [2.05, 4.69) is 20.2 Å². The summed E-state index contributed by atoms with van der Waals surface area (Å²) in [4.78, 5) is 34.5. The van der Waals surface area contributed by atoms with Crippen molar-refractivity contribution in [2.24, 2.45) is 0 Å². The van der Waals surface area contributed by atoms with Gasteiger partial charge >= 0.3 is 5.97 Å². The molecule has 0 aromatic carbocycles. The third kappa shape index (κ3) is 4.37. The van der Waals surface area contributed by atoms with Crippen LogP contribution in [-0.4, -0.2) is 60.2 Å². The van der Waals surface area contributed by atoms with Crippen LogP contribution in [0, 0.1) is 6.92 Å². The molecule has 1 aliphatic rings.